The maximum absolute atomic E-state index is 13.6. The lowest BCUT2D eigenvalue weighted by atomic mass is 9.90. The predicted molar refractivity (Wildman–Crippen MR) is 98.3 cm³/mol. The molecule has 8 heteroatoms. The lowest BCUT2D eigenvalue weighted by molar-refractivity contribution is 0.321. The van der Waals surface area contributed by atoms with Gasteiger partial charge in [-0.25, -0.2) is 12.8 Å². The van der Waals surface area contributed by atoms with Crippen molar-refractivity contribution in [3.8, 4) is 0 Å². The van der Waals surface area contributed by atoms with Gasteiger partial charge < -0.3 is 4.98 Å². The van der Waals surface area contributed by atoms with Gasteiger partial charge in [-0.05, 0) is 54.7 Å². The molecule has 4 nitrogen and oxygen atoms in total. The van der Waals surface area contributed by atoms with Crippen molar-refractivity contribution in [1.29, 1.82) is 0 Å². The number of piperidine rings is 1. The van der Waals surface area contributed by atoms with Gasteiger partial charge in [-0.3, -0.25) is 0 Å². The molecule has 132 valence electrons. The van der Waals surface area contributed by atoms with Crippen molar-refractivity contribution in [3.63, 3.8) is 0 Å². The highest BCUT2D eigenvalue weighted by atomic mass is 35.5. The average Bonchev–Trinajstić information content (AvgIpc) is 3.21. The zero-order valence-electron chi connectivity index (χ0n) is 13.2. The van der Waals surface area contributed by atoms with Crippen LogP contribution in [0.2, 0.25) is 4.34 Å². The molecule has 0 amide bonds. The Morgan fingerprint density at radius 2 is 1.96 bits per heavy atom. The van der Waals surface area contributed by atoms with E-state index >= 15 is 0 Å². The summed E-state index contributed by atoms with van der Waals surface area (Å²) in [5.74, 6) is -0.0446. The minimum Gasteiger partial charge on any atom is -0.361 e. The largest absolute Gasteiger partial charge is 0.361 e. The van der Waals surface area contributed by atoms with Gasteiger partial charge >= 0.3 is 0 Å². The van der Waals surface area contributed by atoms with Crippen molar-refractivity contribution in [3.05, 3.63) is 52.2 Å². The highest BCUT2D eigenvalue weighted by Gasteiger charge is 2.31. The van der Waals surface area contributed by atoms with Crippen LogP contribution in [0.15, 0.2) is 40.7 Å². The molecule has 0 unspecified atom stereocenters. The molecule has 1 aliphatic rings. The Bertz CT molecular complexity index is 1020. The van der Waals surface area contributed by atoms with E-state index in [1.54, 1.807) is 18.2 Å². The van der Waals surface area contributed by atoms with Crippen LogP contribution in [-0.2, 0) is 10.0 Å². The number of fused-ring (bicyclic) bond motifs is 1. The number of nitrogens with zero attached hydrogens (tertiary/aromatic N) is 1. The Hall–Kier alpha value is -1.41. The van der Waals surface area contributed by atoms with Gasteiger partial charge in [-0.15, -0.1) is 11.3 Å². The van der Waals surface area contributed by atoms with Gasteiger partial charge in [0.15, 0.2) is 0 Å². The monoisotopic (exact) mass is 398 g/mol. The molecule has 3 heterocycles. The molecule has 1 N–H and O–H groups in total. The van der Waals surface area contributed by atoms with Crippen LogP contribution in [0.3, 0.4) is 0 Å². The number of aromatic amines is 1. The summed E-state index contributed by atoms with van der Waals surface area (Å²) < 4.78 is 41.2. The molecule has 1 aliphatic heterocycles. The molecular formula is C17H16ClFN2O2S2. The molecule has 0 bridgehead atoms. The van der Waals surface area contributed by atoms with E-state index in [9.17, 15) is 12.8 Å². The smallest absolute Gasteiger partial charge is 0.252 e. The van der Waals surface area contributed by atoms with Crippen molar-refractivity contribution in [2.24, 2.45) is 0 Å². The number of halogens is 2. The van der Waals surface area contributed by atoms with Crippen LogP contribution < -0.4 is 0 Å². The molecule has 1 fully saturated rings. The molecule has 3 aromatic rings. The van der Waals surface area contributed by atoms with Crippen molar-refractivity contribution in [2.45, 2.75) is 23.0 Å². The third kappa shape index (κ3) is 3.10. The molecule has 25 heavy (non-hydrogen) atoms. The third-order valence-corrected chi connectivity index (χ3v) is 8.31. The van der Waals surface area contributed by atoms with E-state index in [1.807, 2.05) is 6.20 Å². The van der Waals surface area contributed by atoms with Crippen LogP contribution in [0, 0.1) is 5.82 Å². The molecule has 1 aromatic carbocycles. The van der Waals surface area contributed by atoms with Gasteiger partial charge in [-0.2, -0.15) is 4.31 Å². The first-order chi connectivity index (χ1) is 11.9. The number of H-pyrrole nitrogens is 1. The van der Waals surface area contributed by atoms with Gasteiger partial charge in [-0.1, -0.05) is 11.6 Å². The lowest BCUT2D eigenvalue weighted by Crippen LogP contribution is -2.37. The van der Waals surface area contributed by atoms with Crippen LogP contribution in [0.25, 0.3) is 10.9 Å². The number of benzene rings is 1. The van der Waals surface area contributed by atoms with E-state index in [0.29, 0.717) is 30.3 Å². The van der Waals surface area contributed by atoms with Crippen LogP contribution in [-0.4, -0.2) is 30.8 Å². The fraction of sp³-hybridized carbons (Fsp3) is 0.294. The van der Waals surface area contributed by atoms with Gasteiger partial charge in [0.1, 0.15) is 10.0 Å². The summed E-state index contributed by atoms with van der Waals surface area (Å²) in [6.45, 7) is 0.898. The van der Waals surface area contributed by atoms with Crippen molar-refractivity contribution in [2.75, 3.05) is 13.1 Å². The lowest BCUT2D eigenvalue weighted by Gasteiger charge is -2.30. The summed E-state index contributed by atoms with van der Waals surface area (Å²) in [5.41, 5.74) is 1.96. The van der Waals surface area contributed by atoms with Crippen molar-refractivity contribution >= 4 is 43.9 Å². The number of aromatic nitrogens is 1. The van der Waals surface area contributed by atoms with E-state index in [0.717, 1.165) is 27.8 Å². The third-order valence-electron chi connectivity index (χ3n) is 4.71. The highest BCUT2D eigenvalue weighted by Crippen LogP contribution is 2.36. The summed E-state index contributed by atoms with van der Waals surface area (Å²) in [5, 5.41) is 0.881. The Labute approximate surface area is 154 Å². The van der Waals surface area contributed by atoms with Crippen LogP contribution >= 0.6 is 22.9 Å². The summed E-state index contributed by atoms with van der Waals surface area (Å²) in [7, 11) is -3.48. The first-order valence-electron chi connectivity index (χ1n) is 7.97. The number of thiophene rings is 1. The summed E-state index contributed by atoms with van der Waals surface area (Å²) in [6.07, 6.45) is 3.33. The fourth-order valence-corrected chi connectivity index (χ4v) is 6.53. The second kappa shape index (κ2) is 6.39. The molecule has 0 radical (unpaired) electrons. The van der Waals surface area contributed by atoms with E-state index in [2.05, 4.69) is 4.98 Å². The number of rotatable bonds is 3. The number of sulfonamides is 1. The number of nitrogens with one attached hydrogen (secondary N) is 1. The Morgan fingerprint density at radius 3 is 2.64 bits per heavy atom. The summed E-state index contributed by atoms with van der Waals surface area (Å²) in [6, 6.07) is 7.86. The van der Waals surface area contributed by atoms with Crippen LogP contribution in [0.1, 0.15) is 24.3 Å². The SMILES string of the molecule is O=S(=O)(c1ccc(Cl)s1)N1CCC(c2c[nH]c3ccc(F)cc23)CC1. The zero-order valence-corrected chi connectivity index (χ0v) is 15.6. The van der Waals surface area contributed by atoms with Crippen LogP contribution in [0.4, 0.5) is 4.39 Å². The number of hydrogen-bond acceptors (Lipinski definition) is 3. The number of hydrogen-bond donors (Lipinski definition) is 1. The van der Waals surface area contributed by atoms with Gasteiger partial charge in [0.05, 0.1) is 4.34 Å². The van der Waals surface area contributed by atoms with Gasteiger partial charge in [0.25, 0.3) is 10.0 Å². The molecule has 0 atom stereocenters. The minimum atomic E-state index is -3.48. The second-order valence-corrected chi connectivity index (χ2v) is 10.1. The Balaban J connectivity index is 1.54. The minimum absolute atomic E-state index is 0.217. The summed E-state index contributed by atoms with van der Waals surface area (Å²) in [4.78, 5) is 3.17. The molecular weight excluding hydrogens is 383 g/mol. The van der Waals surface area contributed by atoms with Gasteiger partial charge in [0, 0.05) is 30.2 Å². The molecule has 0 aliphatic carbocycles. The highest BCUT2D eigenvalue weighted by molar-refractivity contribution is 7.91. The van der Waals surface area contributed by atoms with E-state index in [-0.39, 0.29) is 15.9 Å². The first-order valence-corrected chi connectivity index (χ1v) is 10.6. The predicted octanol–water partition coefficient (Wildman–Crippen LogP) is 4.59. The molecule has 4 rings (SSSR count). The molecule has 2 aromatic heterocycles. The Morgan fingerprint density at radius 1 is 1.20 bits per heavy atom. The second-order valence-electron chi connectivity index (χ2n) is 6.17. The first kappa shape index (κ1) is 17.0. The van der Waals surface area contributed by atoms with E-state index in [1.165, 1.54) is 16.4 Å². The standard InChI is InChI=1S/C17H16ClFN2O2S2/c18-16-3-4-17(24-16)25(22,23)21-7-5-11(6-8-21)14-10-20-15-2-1-12(19)9-13(14)15/h1-4,9-11,20H,5-8H2. The van der Waals surface area contributed by atoms with E-state index in [4.69, 9.17) is 11.6 Å². The van der Waals surface area contributed by atoms with Gasteiger partial charge in [0.2, 0.25) is 0 Å². The maximum atomic E-state index is 13.6. The zero-order chi connectivity index (χ0) is 17.6. The quantitative estimate of drug-likeness (QED) is 0.701. The van der Waals surface area contributed by atoms with Crippen LogP contribution in [0.5, 0.6) is 0 Å². The average molecular weight is 399 g/mol. The normalized spacial score (nSPS) is 17.4. The van der Waals surface area contributed by atoms with Crippen molar-refractivity contribution < 1.29 is 12.8 Å². The fourth-order valence-electron chi connectivity index (χ4n) is 3.42. The summed E-state index contributed by atoms with van der Waals surface area (Å²) >= 11 is 6.95. The maximum Gasteiger partial charge on any atom is 0.252 e. The Kier molecular flexibility index (Phi) is 4.35. The molecule has 0 spiro atoms. The molecule has 0 saturated carbocycles. The van der Waals surface area contributed by atoms with E-state index < -0.39 is 10.0 Å². The topological polar surface area (TPSA) is 53.2 Å². The molecule has 1 saturated heterocycles. The van der Waals surface area contributed by atoms with Crippen molar-refractivity contribution in [1.82, 2.24) is 9.29 Å².